The van der Waals surface area contributed by atoms with Gasteiger partial charge in [-0.2, -0.15) is 0 Å². The SMILES string of the molecule is C=C1C(=O)C2(F)C(C)(C)C(=O)C=CC2(C)c2cc(OC)ccc21. The van der Waals surface area contributed by atoms with Crippen LogP contribution in [0.2, 0.25) is 0 Å². The van der Waals surface area contributed by atoms with Gasteiger partial charge in [0.25, 0.3) is 0 Å². The standard InChI is InChI=1S/C19H19FO3/c1-11-13-7-6-12(23-5)10-14(13)18(4)9-8-15(21)17(2,3)19(18,20)16(11)22/h6-10H,1H2,2-5H3. The van der Waals surface area contributed by atoms with Crippen LogP contribution in [0.15, 0.2) is 36.9 Å². The molecule has 3 nitrogen and oxygen atoms in total. The summed E-state index contributed by atoms with van der Waals surface area (Å²) < 4.78 is 21.5. The maximum absolute atomic E-state index is 16.3. The number of hydrogen-bond acceptors (Lipinski definition) is 3. The number of hydrogen-bond donors (Lipinski definition) is 0. The second kappa shape index (κ2) is 4.40. The summed E-state index contributed by atoms with van der Waals surface area (Å²) in [6, 6.07) is 5.16. The molecule has 2 unspecified atom stereocenters. The highest BCUT2D eigenvalue weighted by molar-refractivity contribution is 6.29. The molecule has 120 valence electrons. The molecule has 0 heterocycles. The van der Waals surface area contributed by atoms with E-state index < -0.39 is 28.1 Å². The van der Waals surface area contributed by atoms with Crippen molar-refractivity contribution in [2.75, 3.05) is 7.11 Å². The number of halogens is 1. The van der Waals surface area contributed by atoms with Crippen molar-refractivity contribution in [3.63, 3.8) is 0 Å². The summed E-state index contributed by atoms with van der Waals surface area (Å²) in [6.07, 6.45) is 2.88. The molecule has 0 aliphatic heterocycles. The molecular weight excluding hydrogens is 295 g/mol. The van der Waals surface area contributed by atoms with Crippen LogP contribution in [0.5, 0.6) is 5.75 Å². The normalized spacial score (nSPS) is 31.6. The fraction of sp³-hybridized carbons (Fsp3) is 0.368. The van der Waals surface area contributed by atoms with Gasteiger partial charge in [0.15, 0.2) is 11.5 Å². The third-order valence-corrected chi connectivity index (χ3v) is 5.46. The minimum absolute atomic E-state index is 0.0961. The first-order valence-electron chi connectivity index (χ1n) is 7.46. The number of benzene rings is 1. The molecule has 2 atom stereocenters. The summed E-state index contributed by atoms with van der Waals surface area (Å²) in [5.74, 6) is -0.553. The molecule has 0 saturated heterocycles. The Kier molecular flexibility index (Phi) is 3.00. The minimum Gasteiger partial charge on any atom is -0.497 e. The number of fused-ring (bicyclic) bond motifs is 3. The number of Topliss-reactive ketones (excluding diaryl/α,β-unsaturated/α-hetero) is 1. The third kappa shape index (κ3) is 1.58. The van der Waals surface area contributed by atoms with Crippen molar-refractivity contribution >= 4 is 17.1 Å². The van der Waals surface area contributed by atoms with Crippen molar-refractivity contribution in [3.8, 4) is 5.75 Å². The van der Waals surface area contributed by atoms with E-state index in [9.17, 15) is 9.59 Å². The van der Waals surface area contributed by atoms with E-state index in [2.05, 4.69) is 6.58 Å². The predicted octanol–water partition coefficient (Wildman–Crippen LogP) is 3.42. The van der Waals surface area contributed by atoms with Crippen LogP contribution in [-0.2, 0) is 15.0 Å². The molecule has 0 radical (unpaired) electrons. The highest BCUT2D eigenvalue weighted by Gasteiger charge is 2.69. The molecule has 0 saturated carbocycles. The minimum atomic E-state index is -2.39. The van der Waals surface area contributed by atoms with Crippen molar-refractivity contribution in [2.24, 2.45) is 5.41 Å². The monoisotopic (exact) mass is 314 g/mol. The van der Waals surface area contributed by atoms with Crippen LogP contribution in [0, 0.1) is 5.41 Å². The first-order valence-corrected chi connectivity index (χ1v) is 7.46. The molecule has 0 spiro atoms. The molecule has 4 heteroatoms. The van der Waals surface area contributed by atoms with Gasteiger partial charge in [0.05, 0.1) is 17.9 Å². The maximum Gasteiger partial charge on any atom is 0.202 e. The topological polar surface area (TPSA) is 43.4 Å². The molecule has 2 aliphatic carbocycles. The summed E-state index contributed by atoms with van der Waals surface area (Å²) in [6.45, 7) is 8.40. The van der Waals surface area contributed by atoms with Crippen molar-refractivity contribution in [2.45, 2.75) is 31.9 Å². The van der Waals surface area contributed by atoms with Crippen LogP contribution in [-0.4, -0.2) is 24.3 Å². The van der Waals surface area contributed by atoms with E-state index in [1.54, 1.807) is 25.1 Å². The molecule has 0 bridgehead atoms. The molecule has 3 rings (SSSR count). The number of carbonyl (C=O) groups is 2. The van der Waals surface area contributed by atoms with Gasteiger partial charge < -0.3 is 4.74 Å². The molecular formula is C19H19FO3. The number of ether oxygens (including phenoxy) is 1. The highest BCUT2D eigenvalue weighted by atomic mass is 19.1. The number of carbonyl (C=O) groups excluding carboxylic acids is 2. The average molecular weight is 314 g/mol. The highest BCUT2D eigenvalue weighted by Crippen LogP contribution is 2.59. The van der Waals surface area contributed by atoms with E-state index >= 15 is 4.39 Å². The van der Waals surface area contributed by atoms with Gasteiger partial charge in [-0.15, -0.1) is 0 Å². The van der Waals surface area contributed by atoms with Gasteiger partial charge >= 0.3 is 0 Å². The maximum atomic E-state index is 16.3. The number of allylic oxidation sites excluding steroid dienone is 3. The molecule has 1 aromatic rings. The van der Waals surface area contributed by atoms with Gasteiger partial charge in [0.1, 0.15) is 5.75 Å². The summed E-state index contributed by atoms with van der Waals surface area (Å²) in [5, 5.41) is 0. The quantitative estimate of drug-likeness (QED) is 0.746. The Morgan fingerprint density at radius 3 is 2.43 bits per heavy atom. The van der Waals surface area contributed by atoms with E-state index in [0.717, 1.165) is 0 Å². The molecule has 0 fully saturated rings. The van der Waals surface area contributed by atoms with E-state index in [1.807, 2.05) is 0 Å². The molecule has 2 aliphatic rings. The van der Waals surface area contributed by atoms with Crippen molar-refractivity contribution in [1.82, 2.24) is 0 Å². The lowest BCUT2D eigenvalue weighted by Crippen LogP contribution is -2.66. The Labute approximate surface area is 134 Å². The summed E-state index contributed by atoms with van der Waals surface area (Å²) in [4.78, 5) is 25.1. The Bertz CT molecular complexity index is 790. The van der Waals surface area contributed by atoms with Crippen LogP contribution < -0.4 is 4.74 Å². The number of alkyl halides is 1. The molecule has 0 amide bonds. The number of methoxy groups -OCH3 is 1. The largest absolute Gasteiger partial charge is 0.497 e. The first-order chi connectivity index (χ1) is 10.6. The lowest BCUT2D eigenvalue weighted by atomic mass is 9.49. The zero-order valence-electron chi connectivity index (χ0n) is 13.7. The van der Waals surface area contributed by atoms with Crippen molar-refractivity contribution in [1.29, 1.82) is 0 Å². The van der Waals surface area contributed by atoms with Crippen LogP contribution in [0.3, 0.4) is 0 Å². The van der Waals surface area contributed by atoms with Crippen LogP contribution in [0.4, 0.5) is 4.39 Å². The Morgan fingerprint density at radius 1 is 1.17 bits per heavy atom. The van der Waals surface area contributed by atoms with Gasteiger partial charge in [-0.1, -0.05) is 18.7 Å². The van der Waals surface area contributed by atoms with Gasteiger partial charge in [-0.05, 0) is 50.1 Å². The van der Waals surface area contributed by atoms with Crippen molar-refractivity contribution in [3.05, 3.63) is 48.1 Å². The second-order valence-electron chi connectivity index (χ2n) is 6.90. The van der Waals surface area contributed by atoms with Crippen LogP contribution >= 0.6 is 0 Å². The van der Waals surface area contributed by atoms with Crippen LogP contribution in [0.25, 0.3) is 5.57 Å². The zero-order valence-corrected chi connectivity index (χ0v) is 13.7. The van der Waals surface area contributed by atoms with Gasteiger partial charge in [0, 0.05) is 5.57 Å². The van der Waals surface area contributed by atoms with Crippen LogP contribution in [0.1, 0.15) is 31.9 Å². The van der Waals surface area contributed by atoms with E-state index in [0.29, 0.717) is 16.9 Å². The average Bonchev–Trinajstić information content (AvgIpc) is 2.54. The second-order valence-corrected chi connectivity index (χ2v) is 6.90. The summed E-state index contributed by atoms with van der Waals surface area (Å²) >= 11 is 0. The van der Waals surface area contributed by atoms with Gasteiger partial charge in [-0.25, -0.2) is 4.39 Å². The molecule has 0 N–H and O–H groups in total. The smallest absolute Gasteiger partial charge is 0.202 e. The molecule has 0 aromatic heterocycles. The summed E-state index contributed by atoms with van der Waals surface area (Å²) in [5.41, 5.74) is -3.81. The fourth-order valence-corrected chi connectivity index (χ4v) is 3.85. The molecule has 1 aromatic carbocycles. The number of ketones is 2. The predicted molar refractivity (Wildman–Crippen MR) is 86.2 cm³/mol. The van der Waals surface area contributed by atoms with E-state index in [-0.39, 0.29) is 5.57 Å². The lowest BCUT2D eigenvalue weighted by molar-refractivity contribution is -0.151. The Balaban J connectivity index is 2.43. The molecule has 23 heavy (non-hydrogen) atoms. The van der Waals surface area contributed by atoms with Crippen molar-refractivity contribution < 1.29 is 18.7 Å². The first kappa shape index (κ1) is 15.7. The number of rotatable bonds is 1. The van der Waals surface area contributed by atoms with Gasteiger partial charge in [-0.3, -0.25) is 9.59 Å². The summed E-state index contributed by atoms with van der Waals surface area (Å²) in [7, 11) is 1.53. The third-order valence-electron chi connectivity index (χ3n) is 5.46. The van der Waals surface area contributed by atoms with E-state index in [1.165, 1.54) is 33.1 Å². The Hall–Kier alpha value is -2.23. The Morgan fingerprint density at radius 2 is 1.83 bits per heavy atom. The lowest BCUT2D eigenvalue weighted by Gasteiger charge is -2.53. The van der Waals surface area contributed by atoms with Gasteiger partial charge in [0.2, 0.25) is 5.78 Å². The zero-order chi connectivity index (χ0) is 17.2. The van der Waals surface area contributed by atoms with E-state index in [4.69, 9.17) is 4.74 Å². The fourth-order valence-electron chi connectivity index (χ4n) is 3.85.